The smallest absolute Gasteiger partial charge is 0.225 e. The van der Waals surface area contributed by atoms with E-state index in [-0.39, 0.29) is 5.92 Å². The van der Waals surface area contributed by atoms with Crippen LogP contribution >= 0.6 is 22.9 Å². The molecule has 3 saturated heterocycles. The van der Waals surface area contributed by atoms with Crippen LogP contribution in [0.15, 0.2) is 12.4 Å². The predicted octanol–water partition coefficient (Wildman–Crippen LogP) is 3.91. The highest BCUT2D eigenvalue weighted by atomic mass is 127. The van der Waals surface area contributed by atoms with E-state index in [0.29, 0.717) is 29.7 Å². The monoisotopic (exact) mass is 537 g/mol. The van der Waals surface area contributed by atoms with Gasteiger partial charge >= 0.3 is 0 Å². The Kier molecular flexibility index (Phi) is 6.54. The second kappa shape index (κ2) is 9.21. The molecule has 4 fully saturated rings. The van der Waals surface area contributed by atoms with E-state index < -0.39 is 0 Å². The maximum atomic E-state index is 12.1. The molecule has 1 aromatic rings. The Labute approximate surface area is 200 Å². The molecule has 31 heavy (non-hydrogen) atoms. The number of piperazine rings is 1. The third-order valence-corrected chi connectivity index (χ3v) is 8.90. The summed E-state index contributed by atoms with van der Waals surface area (Å²) in [5, 5.41) is 0. The van der Waals surface area contributed by atoms with Crippen LogP contribution < -0.4 is 4.90 Å². The highest BCUT2D eigenvalue weighted by molar-refractivity contribution is 14.1. The maximum Gasteiger partial charge on any atom is 0.225 e. The molecule has 1 saturated carbocycles. The molecular formula is C24H36IN5O. The fraction of sp³-hybridized carbons (Fsp3) is 0.792. The van der Waals surface area contributed by atoms with Gasteiger partial charge in [0.05, 0.1) is 0 Å². The summed E-state index contributed by atoms with van der Waals surface area (Å²) in [5.74, 6) is 3.26. The van der Waals surface area contributed by atoms with Gasteiger partial charge in [-0.05, 0) is 69.0 Å². The number of Topliss-reactive ketones (excluding diaryl/α,β-unsaturated/α-hetero) is 1. The summed E-state index contributed by atoms with van der Waals surface area (Å²) >= 11 is 2.46. The van der Waals surface area contributed by atoms with Gasteiger partial charge in [-0.1, -0.05) is 13.8 Å². The van der Waals surface area contributed by atoms with Gasteiger partial charge in [-0.15, -0.1) is 0 Å². The second-order valence-electron chi connectivity index (χ2n) is 10.6. The fourth-order valence-corrected chi connectivity index (χ4v) is 7.17. The zero-order chi connectivity index (χ0) is 21.5. The van der Waals surface area contributed by atoms with Crippen molar-refractivity contribution in [3.8, 4) is 0 Å². The molecule has 0 radical (unpaired) electrons. The first-order valence-corrected chi connectivity index (χ1v) is 13.2. The predicted molar refractivity (Wildman–Crippen MR) is 131 cm³/mol. The molecule has 170 valence electrons. The van der Waals surface area contributed by atoms with Gasteiger partial charge in [-0.25, -0.2) is 13.1 Å². The van der Waals surface area contributed by atoms with Crippen LogP contribution in [0, 0.1) is 17.8 Å². The largest absolute Gasteiger partial charge is 0.332 e. The van der Waals surface area contributed by atoms with Crippen molar-refractivity contribution in [1.29, 1.82) is 0 Å². The minimum atomic E-state index is 0.196. The van der Waals surface area contributed by atoms with Crippen LogP contribution in [-0.4, -0.2) is 68.6 Å². The van der Waals surface area contributed by atoms with E-state index in [2.05, 4.69) is 48.2 Å². The van der Waals surface area contributed by atoms with Gasteiger partial charge in [0.1, 0.15) is 5.78 Å². The first kappa shape index (κ1) is 22.0. The Morgan fingerprint density at radius 1 is 1.06 bits per heavy atom. The third kappa shape index (κ3) is 4.64. The van der Waals surface area contributed by atoms with Crippen molar-refractivity contribution >= 4 is 34.6 Å². The number of carbonyl (C=O) groups is 1. The molecular weight excluding hydrogens is 501 g/mol. The quantitative estimate of drug-likeness (QED) is 0.405. The van der Waals surface area contributed by atoms with Gasteiger partial charge in [0.2, 0.25) is 5.95 Å². The van der Waals surface area contributed by atoms with Crippen LogP contribution in [0.5, 0.6) is 0 Å². The minimum Gasteiger partial charge on any atom is -0.332 e. The molecule has 4 aliphatic rings. The number of anilines is 1. The van der Waals surface area contributed by atoms with Crippen LogP contribution in [0.4, 0.5) is 5.95 Å². The summed E-state index contributed by atoms with van der Waals surface area (Å²) < 4.78 is 2.42. The Morgan fingerprint density at radius 3 is 2.26 bits per heavy atom. The van der Waals surface area contributed by atoms with Crippen LogP contribution in [0.25, 0.3) is 0 Å². The number of aromatic nitrogens is 2. The Bertz CT molecular complexity index is 759. The summed E-state index contributed by atoms with van der Waals surface area (Å²) in [6.07, 6.45) is 11.4. The number of likely N-dealkylation sites (tertiary alicyclic amines) is 1. The summed E-state index contributed by atoms with van der Waals surface area (Å²) in [5.41, 5.74) is 1.31. The Balaban J connectivity index is 1.10. The lowest BCUT2D eigenvalue weighted by Gasteiger charge is -2.41. The first-order valence-electron chi connectivity index (χ1n) is 12.2. The fourth-order valence-electron chi connectivity index (χ4n) is 6.26. The molecule has 1 aromatic heterocycles. The molecule has 7 heteroatoms. The highest BCUT2D eigenvalue weighted by Gasteiger charge is 2.41. The molecule has 4 heterocycles. The second-order valence-corrected chi connectivity index (χ2v) is 12.0. The van der Waals surface area contributed by atoms with Crippen molar-refractivity contribution in [2.45, 2.75) is 70.4 Å². The number of piperidine rings is 1. The molecule has 2 unspecified atom stereocenters. The molecule has 5 rings (SSSR count). The number of hydrogen-bond donors (Lipinski definition) is 0. The van der Waals surface area contributed by atoms with Crippen molar-refractivity contribution < 1.29 is 4.79 Å². The number of ketones is 1. The van der Waals surface area contributed by atoms with E-state index in [1.54, 1.807) is 0 Å². The molecule has 0 aromatic carbocycles. The van der Waals surface area contributed by atoms with Crippen LogP contribution in [-0.2, 0) is 4.79 Å². The molecule has 0 amide bonds. The van der Waals surface area contributed by atoms with E-state index in [9.17, 15) is 4.79 Å². The first-order chi connectivity index (χ1) is 15.0. The van der Waals surface area contributed by atoms with Crippen LogP contribution in [0.2, 0.25) is 0 Å². The molecule has 2 bridgehead atoms. The number of nitrogens with zero attached hydrogens (tertiary/aromatic N) is 5. The van der Waals surface area contributed by atoms with Crippen molar-refractivity contribution in [3.05, 3.63) is 18.0 Å². The maximum absolute atomic E-state index is 12.1. The average molecular weight is 537 g/mol. The van der Waals surface area contributed by atoms with E-state index in [4.69, 9.17) is 9.97 Å². The lowest BCUT2D eigenvalue weighted by atomic mass is 9.70. The zero-order valence-electron chi connectivity index (χ0n) is 18.9. The van der Waals surface area contributed by atoms with Crippen molar-refractivity contribution in [2.75, 3.05) is 37.6 Å². The summed E-state index contributed by atoms with van der Waals surface area (Å²) in [4.78, 5) is 26.9. The normalized spacial score (nSPS) is 32.5. The SMILES string of the molecule is CC(C)C(=O)C1CC(CN2CCC(c3cnc(N4C5CCC4CN(I)C5)nc3)CC2)C1. The van der Waals surface area contributed by atoms with Gasteiger partial charge in [-0.3, -0.25) is 4.79 Å². The van der Waals surface area contributed by atoms with E-state index in [1.165, 1.54) is 37.8 Å². The lowest BCUT2D eigenvalue weighted by molar-refractivity contribution is -0.130. The summed E-state index contributed by atoms with van der Waals surface area (Å²) in [6, 6.07) is 1.15. The van der Waals surface area contributed by atoms with Gasteiger partial charge in [-0.2, -0.15) is 0 Å². The van der Waals surface area contributed by atoms with Gasteiger partial charge in [0.25, 0.3) is 0 Å². The highest BCUT2D eigenvalue weighted by Crippen LogP contribution is 2.38. The molecule has 2 atom stereocenters. The van der Waals surface area contributed by atoms with E-state index in [0.717, 1.165) is 50.9 Å². The lowest BCUT2D eigenvalue weighted by Crippen LogP contribution is -2.51. The number of rotatable bonds is 6. The zero-order valence-corrected chi connectivity index (χ0v) is 21.1. The number of hydrogen-bond acceptors (Lipinski definition) is 6. The Hall–Kier alpha value is -0.800. The van der Waals surface area contributed by atoms with Gasteiger partial charge in [0, 0.05) is 78.8 Å². The van der Waals surface area contributed by atoms with Crippen molar-refractivity contribution in [2.24, 2.45) is 17.8 Å². The molecule has 6 nitrogen and oxygen atoms in total. The van der Waals surface area contributed by atoms with E-state index >= 15 is 0 Å². The summed E-state index contributed by atoms with van der Waals surface area (Å²) in [6.45, 7) is 9.80. The number of carbonyl (C=O) groups excluding carboxylic acids is 1. The van der Waals surface area contributed by atoms with E-state index in [1.807, 2.05) is 13.8 Å². The van der Waals surface area contributed by atoms with Gasteiger partial charge < -0.3 is 9.80 Å². The minimum absolute atomic E-state index is 0.196. The number of fused-ring (bicyclic) bond motifs is 2. The van der Waals surface area contributed by atoms with Crippen LogP contribution in [0.3, 0.4) is 0 Å². The third-order valence-electron chi connectivity index (χ3n) is 8.11. The Morgan fingerprint density at radius 2 is 1.68 bits per heavy atom. The molecule has 1 aliphatic carbocycles. The topological polar surface area (TPSA) is 52.6 Å². The molecule has 0 N–H and O–H groups in total. The van der Waals surface area contributed by atoms with Crippen molar-refractivity contribution in [3.63, 3.8) is 0 Å². The van der Waals surface area contributed by atoms with Crippen LogP contribution in [0.1, 0.15) is 63.9 Å². The number of halogens is 1. The standard InChI is InChI=1S/C24H36IN5O/c1-16(2)23(31)19-9-17(10-19)13-28-7-5-18(6-8-28)20-11-26-24(27-12-20)30-21-3-4-22(30)15-29(25)14-21/h11-12,16-19,21-22H,3-10,13-15H2,1-2H3. The average Bonchev–Trinajstić information content (AvgIpc) is 3.01. The van der Waals surface area contributed by atoms with Crippen molar-refractivity contribution in [1.82, 2.24) is 18.0 Å². The molecule has 3 aliphatic heterocycles. The van der Waals surface area contributed by atoms with Gasteiger partial charge in [0.15, 0.2) is 0 Å². The summed E-state index contributed by atoms with van der Waals surface area (Å²) in [7, 11) is 0. The molecule has 0 spiro atoms.